The SMILES string of the molecule is CC(C)CN=C(N)N(C)CCc1ccccn1. The highest BCUT2D eigenvalue weighted by atomic mass is 15.2. The van der Waals surface area contributed by atoms with Gasteiger partial charge < -0.3 is 10.6 Å². The predicted molar refractivity (Wildman–Crippen MR) is 71.9 cm³/mol. The molecular weight excluding hydrogens is 212 g/mol. The van der Waals surface area contributed by atoms with Gasteiger partial charge in [0.2, 0.25) is 0 Å². The standard InChI is InChI=1S/C13H22N4/c1-11(2)10-16-13(14)17(3)9-7-12-6-4-5-8-15-12/h4-6,8,11H,7,9-10H2,1-3H3,(H2,14,16). The fourth-order valence-electron chi connectivity index (χ4n) is 1.34. The highest BCUT2D eigenvalue weighted by molar-refractivity contribution is 5.77. The van der Waals surface area contributed by atoms with E-state index < -0.39 is 0 Å². The van der Waals surface area contributed by atoms with Crippen LogP contribution in [0.5, 0.6) is 0 Å². The van der Waals surface area contributed by atoms with Crippen molar-refractivity contribution in [2.24, 2.45) is 16.6 Å². The van der Waals surface area contributed by atoms with E-state index in [9.17, 15) is 0 Å². The summed E-state index contributed by atoms with van der Waals surface area (Å²) in [5.41, 5.74) is 6.96. The molecule has 0 radical (unpaired) electrons. The Balaban J connectivity index is 2.39. The summed E-state index contributed by atoms with van der Waals surface area (Å²) in [4.78, 5) is 10.6. The molecule has 0 aliphatic heterocycles. The molecule has 0 amide bonds. The Hall–Kier alpha value is -1.58. The van der Waals surface area contributed by atoms with Crippen molar-refractivity contribution in [3.8, 4) is 0 Å². The second-order valence-corrected chi connectivity index (χ2v) is 4.59. The zero-order chi connectivity index (χ0) is 12.7. The van der Waals surface area contributed by atoms with Crippen molar-refractivity contribution in [2.45, 2.75) is 20.3 Å². The molecule has 0 spiro atoms. The lowest BCUT2D eigenvalue weighted by Gasteiger charge is -2.18. The molecule has 0 unspecified atom stereocenters. The summed E-state index contributed by atoms with van der Waals surface area (Å²) in [5.74, 6) is 1.15. The molecule has 1 aromatic heterocycles. The summed E-state index contributed by atoms with van der Waals surface area (Å²) in [6.45, 7) is 5.87. The van der Waals surface area contributed by atoms with Crippen molar-refractivity contribution in [3.05, 3.63) is 30.1 Å². The van der Waals surface area contributed by atoms with Gasteiger partial charge in [-0.15, -0.1) is 0 Å². The topological polar surface area (TPSA) is 54.5 Å². The van der Waals surface area contributed by atoms with Crippen molar-refractivity contribution >= 4 is 5.96 Å². The van der Waals surface area contributed by atoms with Gasteiger partial charge in [0.25, 0.3) is 0 Å². The summed E-state index contributed by atoms with van der Waals surface area (Å²) in [6.07, 6.45) is 2.70. The van der Waals surface area contributed by atoms with E-state index in [2.05, 4.69) is 23.8 Å². The lowest BCUT2D eigenvalue weighted by molar-refractivity contribution is 0.494. The third-order valence-electron chi connectivity index (χ3n) is 2.44. The molecule has 0 saturated carbocycles. The third-order valence-corrected chi connectivity index (χ3v) is 2.44. The van der Waals surface area contributed by atoms with Gasteiger partial charge in [-0.25, -0.2) is 0 Å². The van der Waals surface area contributed by atoms with Crippen molar-refractivity contribution in [1.82, 2.24) is 9.88 Å². The van der Waals surface area contributed by atoms with Gasteiger partial charge in [-0.1, -0.05) is 19.9 Å². The molecule has 0 aliphatic rings. The molecule has 0 atom stereocenters. The Morgan fingerprint density at radius 1 is 1.47 bits per heavy atom. The molecule has 1 aromatic rings. The van der Waals surface area contributed by atoms with Gasteiger partial charge in [0.15, 0.2) is 5.96 Å². The number of hydrogen-bond donors (Lipinski definition) is 1. The van der Waals surface area contributed by atoms with Crippen LogP contribution in [0.15, 0.2) is 29.4 Å². The first kappa shape index (κ1) is 13.5. The second-order valence-electron chi connectivity index (χ2n) is 4.59. The molecule has 1 heterocycles. The quantitative estimate of drug-likeness (QED) is 0.621. The molecule has 0 bridgehead atoms. The van der Waals surface area contributed by atoms with Gasteiger partial charge in [-0.2, -0.15) is 0 Å². The molecule has 94 valence electrons. The Labute approximate surface area is 104 Å². The predicted octanol–water partition coefficient (Wildman–Crippen LogP) is 1.53. The van der Waals surface area contributed by atoms with Gasteiger partial charge >= 0.3 is 0 Å². The molecule has 0 fully saturated rings. The summed E-state index contributed by atoms with van der Waals surface area (Å²) in [5, 5.41) is 0. The molecule has 2 N–H and O–H groups in total. The number of pyridine rings is 1. The summed E-state index contributed by atoms with van der Waals surface area (Å²) >= 11 is 0. The van der Waals surface area contributed by atoms with E-state index in [0.717, 1.165) is 25.2 Å². The zero-order valence-electron chi connectivity index (χ0n) is 10.9. The first-order valence-corrected chi connectivity index (χ1v) is 6.00. The summed E-state index contributed by atoms with van der Waals surface area (Å²) < 4.78 is 0. The highest BCUT2D eigenvalue weighted by Crippen LogP contribution is 1.97. The largest absolute Gasteiger partial charge is 0.370 e. The molecule has 17 heavy (non-hydrogen) atoms. The molecule has 1 rings (SSSR count). The van der Waals surface area contributed by atoms with E-state index >= 15 is 0 Å². The van der Waals surface area contributed by atoms with Crippen molar-refractivity contribution < 1.29 is 0 Å². The minimum absolute atomic E-state index is 0.540. The Morgan fingerprint density at radius 2 is 2.24 bits per heavy atom. The van der Waals surface area contributed by atoms with Crippen LogP contribution in [-0.4, -0.2) is 36.0 Å². The summed E-state index contributed by atoms with van der Waals surface area (Å²) in [6, 6.07) is 5.94. The maximum Gasteiger partial charge on any atom is 0.191 e. The van der Waals surface area contributed by atoms with E-state index in [1.807, 2.05) is 36.3 Å². The van der Waals surface area contributed by atoms with Gasteiger partial charge in [-0.3, -0.25) is 9.98 Å². The molecule has 0 saturated heterocycles. The third kappa shape index (κ3) is 5.33. The Kier molecular flexibility index (Phi) is 5.46. The fraction of sp³-hybridized carbons (Fsp3) is 0.538. The molecule has 0 aromatic carbocycles. The van der Waals surface area contributed by atoms with Crippen LogP contribution in [0.25, 0.3) is 0 Å². The summed E-state index contributed by atoms with van der Waals surface area (Å²) in [7, 11) is 1.96. The average molecular weight is 234 g/mol. The van der Waals surface area contributed by atoms with Gasteiger partial charge in [0, 0.05) is 38.4 Å². The monoisotopic (exact) mass is 234 g/mol. The fourth-order valence-corrected chi connectivity index (χ4v) is 1.34. The molecule has 4 heteroatoms. The number of nitrogens with two attached hydrogens (primary N) is 1. The lowest BCUT2D eigenvalue weighted by Crippen LogP contribution is -2.36. The zero-order valence-corrected chi connectivity index (χ0v) is 10.9. The van der Waals surface area contributed by atoms with E-state index in [1.54, 1.807) is 0 Å². The minimum atomic E-state index is 0.540. The maximum absolute atomic E-state index is 5.89. The highest BCUT2D eigenvalue weighted by Gasteiger charge is 2.03. The molecular formula is C13H22N4. The number of rotatable bonds is 5. The van der Waals surface area contributed by atoms with Crippen LogP contribution in [0.1, 0.15) is 19.5 Å². The number of guanidine groups is 1. The van der Waals surface area contributed by atoms with Gasteiger partial charge in [0.1, 0.15) is 0 Å². The van der Waals surface area contributed by atoms with Crippen molar-refractivity contribution in [3.63, 3.8) is 0 Å². The van der Waals surface area contributed by atoms with E-state index in [0.29, 0.717) is 11.9 Å². The smallest absolute Gasteiger partial charge is 0.191 e. The van der Waals surface area contributed by atoms with Crippen molar-refractivity contribution in [1.29, 1.82) is 0 Å². The molecule has 4 nitrogen and oxygen atoms in total. The van der Waals surface area contributed by atoms with Crippen LogP contribution < -0.4 is 5.73 Å². The van der Waals surface area contributed by atoms with Crippen molar-refractivity contribution in [2.75, 3.05) is 20.1 Å². The van der Waals surface area contributed by atoms with E-state index in [1.165, 1.54) is 0 Å². The average Bonchev–Trinajstić information content (AvgIpc) is 2.34. The van der Waals surface area contributed by atoms with Crippen LogP contribution in [-0.2, 0) is 6.42 Å². The van der Waals surface area contributed by atoms with Crippen LogP contribution >= 0.6 is 0 Å². The maximum atomic E-state index is 5.89. The Morgan fingerprint density at radius 3 is 2.82 bits per heavy atom. The first-order valence-electron chi connectivity index (χ1n) is 6.00. The number of nitrogens with zero attached hydrogens (tertiary/aromatic N) is 3. The van der Waals surface area contributed by atoms with Crippen LogP contribution in [0.3, 0.4) is 0 Å². The normalized spacial score (nSPS) is 11.9. The molecule has 0 aliphatic carbocycles. The lowest BCUT2D eigenvalue weighted by atomic mass is 10.2. The van der Waals surface area contributed by atoms with Crippen LogP contribution in [0.2, 0.25) is 0 Å². The van der Waals surface area contributed by atoms with Crippen LogP contribution in [0.4, 0.5) is 0 Å². The van der Waals surface area contributed by atoms with Gasteiger partial charge in [-0.05, 0) is 18.1 Å². The number of likely N-dealkylation sites (N-methyl/N-ethyl adjacent to an activating group) is 1. The number of aliphatic imine (C=N–C) groups is 1. The first-order chi connectivity index (χ1) is 8.09. The van der Waals surface area contributed by atoms with E-state index in [4.69, 9.17) is 5.73 Å². The van der Waals surface area contributed by atoms with Gasteiger partial charge in [0.05, 0.1) is 0 Å². The van der Waals surface area contributed by atoms with Crippen LogP contribution in [0, 0.1) is 5.92 Å². The minimum Gasteiger partial charge on any atom is -0.370 e. The second kappa shape index (κ2) is 6.89. The number of hydrogen-bond acceptors (Lipinski definition) is 2. The number of aromatic nitrogens is 1. The Bertz CT molecular complexity index is 346. The van der Waals surface area contributed by atoms with E-state index in [-0.39, 0.29) is 0 Å².